The Morgan fingerprint density at radius 1 is 1.39 bits per heavy atom. The molecule has 0 bridgehead atoms. The number of carbonyl (C=O) groups excluding carboxylic acids is 1. The second-order valence-electron chi connectivity index (χ2n) is 4.30. The van der Waals surface area contributed by atoms with Crippen LogP contribution in [-0.4, -0.2) is 42.9 Å². The largest absolute Gasteiger partial charge is 0.348 e. The molecule has 0 atom stereocenters. The van der Waals surface area contributed by atoms with Crippen LogP contribution in [0.1, 0.15) is 12.5 Å². The Balaban J connectivity index is 2.74. The summed E-state index contributed by atoms with van der Waals surface area (Å²) in [5.74, 6) is -0.230. The number of hydrogen-bond acceptors (Lipinski definition) is 2. The van der Waals surface area contributed by atoms with E-state index in [0.29, 0.717) is 17.6 Å². The van der Waals surface area contributed by atoms with Gasteiger partial charge in [0.15, 0.2) is 0 Å². The van der Waals surface area contributed by atoms with Crippen LogP contribution in [0.25, 0.3) is 0 Å². The van der Waals surface area contributed by atoms with Gasteiger partial charge in [0.2, 0.25) is 5.91 Å². The summed E-state index contributed by atoms with van der Waals surface area (Å²) in [6.45, 7) is 3.61. The van der Waals surface area contributed by atoms with Gasteiger partial charge in [-0.1, -0.05) is 19.1 Å². The number of rotatable bonds is 5. The first-order chi connectivity index (χ1) is 8.45. The fourth-order valence-corrected chi connectivity index (χ4v) is 1.91. The molecule has 0 radical (unpaired) electrons. The Hall–Kier alpha value is -0.940. The van der Waals surface area contributed by atoms with E-state index in [1.54, 1.807) is 25.1 Å². The van der Waals surface area contributed by atoms with Crippen LogP contribution >= 0.6 is 15.9 Å². The fraction of sp³-hybridized carbons (Fsp3) is 0.462. The maximum absolute atomic E-state index is 13.4. The number of halogens is 2. The molecule has 0 saturated heterocycles. The number of hydrogen-bond donors (Lipinski definition) is 0. The lowest BCUT2D eigenvalue weighted by Crippen LogP contribution is -2.36. The first-order valence-corrected chi connectivity index (χ1v) is 6.60. The van der Waals surface area contributed by atoms with E-state index in [1.807, 2.05) is 17.9 Å². The Kier molecular flexibility index (Phi) is 5.75. The molecule has 0 aliphatic rings. The quantitative estimate of drug-likeness (QED) is 0.833. The Morgan fingerprint density at radius 3 is 2.61 bits per heavy atom. The maximum Gasteiger partial charge on any atom is 0.236 e. The van der Waals surface area contributed by atoms with E-state index in [2.05, 4.69) is 15.9 Å². The smallest absolute Gasteiger partial charge is 0.236 e. The summed E-state index contributed by atoms with van der Waals surface area (Å²) in [4.78, 5) is 15.2. The molecular weight excluding hydrogens is 299 g/mol. The number of likely N-dealkylation sites (N-methyl/N-ethyl adjacent to an activating group) is 2. The molecule has 0 heterocycles. The minimum atomic E-state index is -0.275. The summed E-state index contributed by atoms with van der Waals surface area (Å²) >= 11 is 3.24. The molecule has 5 heteroatoms. The summed E-state index contributed by atoms with van der Waals surface area (Å²) in [6.07, 6.45) is 0. The van der Waals surface area contributed by atoms with Crippen molar-refractivity contribution in [3.05, 3.63) is 34.1 Å². The molecule has 1 amide bonds. The molecule has 1 rings (SSSR count). The Bertz CT molecular complexity index is 423. The van der Waals surface area contributed by atoms with Crippen LogP contribution in [0.2, 0.25) is 0 Å². The van der Waals surface area contributed by atoms with Crippen molar-refractivity contribution in [1.29, 1.82) is 0 Å². The highest BCUT2D eigenvalue weighted by molar-refractivity contribution is 9.10. The lowest BCUT2D eigenvalue weighted by Gasteiger charge is -2.22. The van der Waals surface area contributed by atoms with Gasteiger partial charge in [0.05, 0.1) is 11.0 Å². The predicted molar refractivity (Wildman–Crippen MR) is 73.7 cm³/mol. The van der Waals surface area contributed by atoms with Crippen molar-refractivity contribution in [3.8, 4) is 0 Å². The number of benzene rings is 1. The third kappa shape index (κ3) is 4.07. The predicted octanol–water partition coefficient (Wildman–Crippen LogP) is 2.50. The first kappa shape index (κ1) is 15.1. The highest BCUT2D eigenvalue weighted by atomic mass is 79.9. The van der Waals surface area contributed by atoms with E-state index < -0.39 is 0 Å². The highest BCUT2D eigenvalue weighted by Crippen LogP contribution is 2.21. The van der Waals surface area contributed by atoms with Crippen LogP contribution in [0.5, 0.6) is 0 Å². The van der Waals surface area contributed by atoms with E-state index in [4.69, 9.17) is 0 Å². The SMILES string of the molecule is CCN(CC(=O)N(C)C)Cc1cccc(F)c1Br. The maximum atomic E-state index is 13.4. The molecule has 0 aliphatic carbocycles. The van der Waals surface area contributed by atoms with Gasteiger partial charge in [-0.3, -0.25) is 9.69 Å². The van der Waals surface area contributed by atoms with Crippen LogP contribution in [0.3, 0.4) is 0 Å². The minimum Gasteiger partial charge on any atom is -0.348 e. The van der Waals surface area contributed by atoms with Crippen molar-refractivity contribution >= 4 is 21.8 Å². The molecule has 1 aromatic rings. The van der Waals surface area contributed by atoms with Crippen LogP contribution in [-0.2, 0) is 11.3 Å². The lowest BCUT2D eigenvalue weighted by molar-refractivity contribution is -0.130. The number of amides is 1. The third-order valence-corrected chi connectivity index (χ3v) is 3.62. The molecule has 0 N–H and O–H groups in total. The van der Waals surface area contributed by atoms with Crippen LogP contribution < -0.4 is 0 Å². The van der Waals surface area contributed by atoms with Crippen molar-refractivity contribution in [2.24, 2.45) is 0 Å². The van der Waals surface area contributed by atoms with Crippen LogP contribution in [0.4, 0.5) is 4.39 Å². The van der Waals surface area contributed by atoms with Gasteiger partial charge in [-0.05, 0) is 34.1 Å². The van der Waals surface area contributed by atoms with Gasteiger partial charge < -0.3 is 4.90 Å². The number of carbonyl (C=O) groups is 1. The first-order valence-electron chi connectivity index (χ1n) is 5.81. The zero-order chi connectivity index (χ0) is 13.7. The second kappa shape index (κ2) is 6.85. The Labute approximate surface area is 116 Å². The van der Waals surface area contributed by atoms with Crippen molar-refractivity contribution < 1.29 is 9.18 Å². The van der Waals surface area contributed by atoms with Gasteiger partial charge >= 0.3 is 0 Å². The second-order valence-corrected chi connectivity index (χ2v) is 5.10. The summed E-state index contributed by atoms with van der Waals surface area (Å²) in [7, 11) is 3.46. The van der Waals surface area contributed by atoms with Crippen molar-refractivity contribution in [2.75, 3.05) is 27.2 Å². The summed E-state index contributed by atoms with van der Waals surface area (Å²) < 4.78 is 13.9. The molecular formula is C13H18BrFN2O. The zero-order valence-electron chi connectivity index (χ0n) is 10.9. The van der Waals surface area contributed by atoms with Gasteiger partial charge in [-0.25, -0.2) is 4.39 Å². The molecule has 0 unspecified atom stereocenters. The van der Waals surface area contributed by atoms with Gasteiger partial charge in [0, 0.05) is 20.6 Å². The van der Waals surface area contributed by atoms with E-state index >= 15 is 0 Å². The molecule has 18 heavy (non-hydrogen) atoms. The van der Waals surface area contributed by atoms with Crippen molar-refractivity contribution in [2.45, 2.75) is 13.5 Å². The van der Waals surface area contributed by atoms with E-state index in [9.17, 15) is 9.18 Å². The molecule has 0 aliphatic heterocycles. The van der Waals surface area contributed by atoms with Gasteiger partial charge in [-0.2, -0.15) is 0 Å². The summed E-state index contributed by atoms with van der Waals surface area (Å²) in [5, 5.41) is 0. The average Bonchev–Trinajstić information content (AvgIpc) is 2.33. The standard InChI is InChI=1S/C13H18BrFN2O/c1-4-17(9-12(18)16(2)3)8-10-6-5-7-11(15)13(10)14/h5-7H,4,8-9H2,1-3H3. The van der Waals surface area contributed by atoms with E-state index in [-0.39, 0.29) is 11.7 Å². The topological polar surface area (TPSA) is 23.6 Å². The molecule has 1 aromatic carbocycles. The van der Waals surface area contributed by atoms with E-state index in [1.165, 1.54) is 6.07 Å². The third-order valence-electron chi connectivity index (χ3n) is 2.73. The monoisotopic (exact) mass is 316 g/mol. The van der Waals surface area contributed by atoms with Gasteiger partial charge in [0.25, 0.3) is 0 Å². The van der Waals surface area contributed by atoms with Crippen molar-refractivity contribution in [3.63, 3.8) is 0 Å². The van der Waals surface area contributed by atoms with Gasteiger partial charge in [0.1, 0.15) is 5.82 Å². The Morgan fingerprint density at radius 2 is 2.06 bits per heavy atom. The normalized spacial score (nSPS) is 10.8. The molecule has 100 valence electrons. The van der Waals surface area contributed by atoms with E-state index in [0.717, 1.165) is 12.1 Å². The zero-order valence-corrected chi connectivity index (χ0v) is 12.5. The van der Waals surface area contributed by atoms with Gasteiger partial charge in [-0.15, -0.1) is 0 Å². The minimum absolute atomic E-state index is 0.0457. The molecule has 0 aromatic heterocycles. The molecule has 0 fully saturated rings. The molecule has 0 saturated carbocycles. The molecule has 3 nitrogen and oxygen atoms in total. The average molecular weight is 317 g/mol. The summed E-state index contributed by atoms with van der Waals surface area (Å²) in [6, 6.07) is 4.95. The van der Waals surface area contributed by atoms with Crippen molar-refractivity contribution in [1.82, 2.24) is 9.80 Å². The lowest BCUT2D eigenvalue weighted by atomic mass is 10.2. The molecule has 0 spiro atoms. The highest BCUT2D eigenvalue weighted by Gasteiger charge is 2.13. The van der Waals surface area contributed by atoms with Crippen LogP contribution in [0, 0.1) is 5.82 Å². The fourth-order valence-electron chi connectivity index (χ4n) is 1.52. The summed E-state index contributed by atoms with van der Waals surface area (Å²) in [5.41, 5.74) is 0.850. The number of nitrogens with zero attached hydrogens (tertiary/aromatic N) is 2. The van der Waals surface area contributed by atoms with Crippen LogP contribution in [0.15, 0.2) is 22.7 Å².